The third-order valence-corrected chi connectivity index (χ3v) is 3.13. The number of hydrogen-bond acceptors (Lipinski definition) is 7. The molecule has 0 saturated carbocycles. The van der Waals surface area contributed by atoms with Gasteiger partial charge in [0, 0.05) is 24.1 Å². The molecule has 130 valence electrons. The minimum Gasteiger partial charge on any atom is -0.496 e. The van der Waals surface area contributed by atoms with E-state index >= 15 is 0 Å². The van der Waals surface area contributed by atoms with Crippen LogP contribution in [0.2, 0.25) is 0 Å². The maximum Gasteiger partial charge on any atom is 0.439 e. The Kier molecular flexibility index (Phi) is 4.13. The van der Waals surface area contributed by atoms with E-state index in [2.05, 4.69) is 29.9 Å². The standard InChI is InChI=1S/C14H10F3N5O3/c1-24-9-6-7(2-3-8(9)14(15,16)17)20-11-10(18-4-5-19-11)12-21-13(23)25-22-12/h2-6H,1H3,(H,19,20)(H,21,22,23). The summed E-state index contributed by atoms with van der Waals surface area (Å²) in [6.45, 7) is 0. The van der Waals surface area contributed by atoms with Gasteiger partial charge in [0.25, 0.3) is 0 Å². The van der Waals surface area contributed by atoms with Gasteiger partial charge in [0.15, 0.2) is 11.5 Å². The highest BCUT2D eigenvalue weighted by atomic mass is 19.4. The Bertz CT molecular complexity index is 951. The van der Waals surface area contributed by atoms with Crippen LogP contribution in [0.4, 0.5) is 24.7 Å². The average molecular weight is 353 g/mol. The largest absolute Gasteiger partial charge is 0.496 e. The summed E-state index contributed by atoms with van der Waals surface area (Å²) in [6, 6.07) is 3.28. The van der Waals surface area contributed by atoms with E-state index in [0.717, 1.165) is 13.2 Å². The molecule has 0 aliphatic heterocycles. The Morgan fingerprint density at radius 3 is 2.64 bits per heavy atom. The van der Waals surface area contributed by atoms with Gasteiger partial charge >= 0.3 is 11.9 Å². The lowest BCUT2D eigenvalue weighted by atomic mass is 10.1. The normalized spacial score (nSPS) is 11.4. The van der Waals surface area contributed by atoms with Crippen LogP contribution in [0.15, 0.2) is 39.9 Å². The Hall–Kier alpha value is -3.37. The second-order valence-corrected chi connectivity index (χ2v) is 4.74. The Morgan fingerprint density at radius 2 is 2.00 bits per heavy atom. The number of halogens is 3. The van der Waals surface area contributed by atoms with Crippen LogP contribution in [-0.2, 0) is 6.18 Å². The van der Waals surface area contributed by atoms with Crippen LogP contribution in [0.3, 0.4) is 0 Å². The van der Waals surface area contributed by atoms with Gasteiger partial charge < -0.3 is 10.1 Å². The van der Waals surface area contributed by atoms with E-state index in [1.807, 2.05) is 0 Å². The van der Waals surface area contributed by atoms with Crippen molar-refractivity contribution in [2.24, 2.45) is 0 Å². The van der Waals surface area contributed by atoms with Crippen molar-refractivity contribution in [3.8, 4) is 17.3 Å². The number of methoxy groups -OCH3 is 1. The number of H-pyrrole nitrogens is 1. The predicted octanol–water partition coefficient (Wildman–Crippen LogP) is 2.59. The molecule has 0 unspecified atom stereocenters. The molecule has 11 heteroatoms. The molecule has 0 aliphatic carbocycles. The summed E-state index contributed by atoms with van der Waals surface area (Å²) in [4.78, 5) is 21.5. The molecule has 2 N–H and O–H groups in total. The van der Waals surface area contributed by atoms with Gasteiger partial charge in [0.1, 0.15) is 5.75 Å². The quantitative estimate of drug-likeness (QED) is 0.742. The monoisotopic (exact) mass is 353 g/mol. The number of anilines is 2. The maximum absolute atomic E-state index is 12.9. The molecular formula is C14H10F3N5O3. The fraction of sp³-hybridized carbons (Fsp3) is 0.143. The lowest BCUT2D eigenvalue weighted by Gasteiger charge is -2.14. The first-order valence-corrected chi connectivity index (χ1v) is 6.78. The first kappa shape index (κ1) is 16.5. The van der Waals surface area contributed by atoms with Crippen LogP contribution in [-0.4, -0.2) is 27.2 Å². The van der Waals surface area contributed by atoms with Crippen LogP contribution in [0, 0.1) is 0 Å². The molecule has 3 rings (SSSR count). The highest BCUT2D eigenvalue weighted by molar-refractivity contribution is 5.71. The zero-order chi connectivity index (χ0) is 18.0. The lowest BCUT2D eigenvalue weighted by Crippen LogP contribution is -2.08. The summed E-state index contributed by atoms with van der Waals surface area (Å²) in [6.07, 6.45) is -1.81. The first-order chi connectivity index (χ1) is 11.9. The number of aromatic nitrogens is 4. The third-order valence-electron chi connectivity index (χ3n) is 3.13. The van der Waals surface area contributed by atoms with E-state index in [-0.39, 0.29) is 28.8 Å². The Labute approximate surface area is 137 Å². The van der Waals surface area contributed by atoms with Crippen LogP contribution in [0.1, 0.15) is 5.56 Å². The summed E-state index contributed by atoms with van der Waals surface area (Å²) in [7, 11) is 1.14. The van der Waals surface area contributed by atoms with Crippen molar-refractivity contribution in [1.82, 2.24) is 20.1 Å². The number of rotatable bonds is 4. The van der Waals surface area contributed by atoms with Gasteiger partial charge in [-0.3, -0.25) is 9.51 Å². The van der Waals surface area contributed by atoms with Gasteiger partial charge in [-0.1, -0.05) is 5.16 Å². The molecule has 0 spiro atoms. The van der Waals surface area contributed by atoms with Gasteiger partial charge in [0.05, 0.1) is 12.7 Å². The second-order valence-electron chi connectivity index (χ2n) is 4.74. The summed E-state index contributed by atoms with van der Waals surface area (Å²) in [5, 5.41) is 6.32. The topological polar surface area (TPSA) is 106 Å². The summed E-state index contributed by atoms with van der Waals surface area (Å²) < 4.78 is 47.9. The molecule has 2 heterocycles. The van der Waals surface area contributed by atoms with Gasteiger partial charge in [-0.15, -0.1) is 0 Å². The number of aromatic amines is 1. The highest BCUT2D eigenvalue weighted by Gasteiger charge is 2.34. The third kappa shape index (κ3) is 3.44. The maximum atomic E-state index is 12.9. The molecule has 8 nitrogen and oxygen atoms in total. The molecule has 0 bridgehead atoms. The van der Waals surface area contributed by atoms with Gasteiger partial charge in [-0.05, 0) is 12.1 Å². The Morgan fingerprint density at radius 1 is 1.24 bits per heavy atom. The molecule has 2 aromatic heterocycles. The van der Waals surface area contributed by atoms with Crippen molar-refractivity contribution in [1.29, 1.82) is 0 Å². The molecule has 0 atom stereocenters. The van der Waals surface area contributed by atoms with E-state index in [9.17, 15) is 18.0 Å². The minimum atomic E-state index is -4.54. The van der Waals surface area contributed by atoms with E-state index in [1.165, 1.54) is 24.5 Å². The minimum absolute atomic E-state index is 0.0273. The van der Waals surface area contributed by atoms with Crippen molar-refractivity contribution < 1.29 is 22.4 Å². The zero-order valence-corrected chi connectivity index (χ0v) is 12.6. The number of nitrogens with one attached hydrogen (secondary N) is 2. The molecular weight excluding hydrogens is 343 g/mol. The Balaban J connectivity index is 1.97. The van der Waals surface area contributed by atoms with Gasteiger partial charge in [-0.2, -0.15) is 13.2 Å². The molecule has 1 aromatic carbocycles. The number of ether oxygens (including phenoxy) is 1. The summed E-state index contributed by atoms with van der Waals surface area (Å²) in [5.41, 5.74) is -0.467. The van der Waals surface area contributed by atoms with Crippen LogP contribution >= 0.6 is 0 Å². The molecule has 0 saturated heterocycles. The van der Waals surface area contributed by atoms with Crippen LogP contribution in [0.5, 0.6) is 5.75 Å². The fourth-order valence-electron chi connectivity index (χ4n) is 2.07. The van der Waals surface area contributed by atoms with Crippen molar-refractivity contribution in [2.75, 3.05) is 12.4 Å². The lowest BCUT2D eigenvalue weighted by molar-refractivity contribution is -0.138. The van der Waals surface area contributed by atoms with Gasteiger partial charge in [-0.25, -0.2) is 14.8 Å². The van der Waals surface area contributed by atoms with Crippen LogP contribution < -0.4 is 15.8 Å². The second kappa shape index (κ2) is 6.26. The van der Waals surface area contributed by atoms with Crippen molar-refractivity contribution in [2.45, 2.75) is 6.18 Å². The molecule has 0 aliphatic rings. The van der Waals surface area contributed by atoms with Gasteiger partial charge in [0.2, 0.25) is 5.82 Å². The molecule has 25 heavy (non-hydrogen) atoms. The van der Waals surface area contributed by atoms with E-state index < -0.39 is 17.5 Å². The highest BCUT2D eigenvalue weighted by Crippen LogP contribution is 2.38. The van der Waals surface area contributed by atoms with E-state index in [4.69, 9.17) is 4.74 Å². The van der Waals surface area contributed by atoms with E-state index in [1.54, 1.807) is 0 Å². The van der Waals surface area contributed by atoms with Crippen molar-refractivity contribution in [3.05, 3.63) is 46.7 Å². The summed E-state index contributed by atoms with van der Waals surface area (Å²) >= 11 is 0. The van der Waals surface area contributed by atoms with Crippen LogP contribution in [0.25, 0.3) is 11.5 Å². The number of alkyl halides is 3. The predicted molar refractivity (Wildman–Crippen MR) is 79.4 cm³/mol. The number of hydrogen-bond donors (Lipinski definition) is 2. The molecule has 0 amide bonds. The SMILES string of the molecule is COc1cc(Nc2nccnc2-c2noc(=O)[nH]2)ccc1C(F)(F)F. The molecule has 3 aromatic rings. The molecule has 0 radical (unpaired) electrons. The van der Waals surface area contributed by atoms with Crippen molar-refractivity contribution >= 4 is 11.5 Å². The van der Waals surface area contributed by atoms with E-state index in [0.29, 0.717) is 0 Å². The summed E-state index contributed by atoms with van der Waals surface area (Å²) in [5.74, 6) is -0.936. The first-order valence-electron chi connectivity index (χ1n) is 6.78. The fourth-order valence-corrected chi connectivity index (χ4v) is 2.07. The number of benzene rings is 1. The smallest absolute Gasteiger partial charge is 0.439 e. The van der Waals surface area contributed by atoms with Crippen molar-refractivity contribution in [3.63, 3.8) is 0 Å². The average Bonchev–Trinajstić information content (AvgIpc) is 3.00. The molecule has 0 fully saturated rings. The zero-order valence-electron chi connectivity index (χ0n) is 12.6. The number of nitrogens with zero attached hydrogens (tertiary/aromatic N) is 3.